The Bertz CT molecular complexity index is 1000. The summed E-state index contributed by atoms with van der Waals surface area (Å²) in [7, 11) is -1.13. The van der Waals surface area contributed by atoms with Crippen molar-refractivity contribution in [1.29, 1.82) is 0 Å². The minimum Gasteiger partial charge on any atom is -0.340 e. The van der Waals surface area contributed by atoms with Crippen molar-refractivity contribution in [3.63, 3.8) is 0 Å². The zero-order chi connectivity index (χ0) is 20.9. The molecule has 1 fully saturated rings. The Hall–Kier alpha value is -2.84. The lowest BCUT2D eigenvalue weighted by atomic mass is 10.0. The molecule has 3 aromatic rings. The van der Waals surface area contributed by atoms with Gasteiger partial charge in [-0.25, -0.2) is 17.9 Å². The molecule has 0 aliphatic carbocycles. The van der Waals surface area contributed by atoms with Crippen LogP contribution in [0.4, 0.5) is 27.5 Å². The zero-order valence-electron chi connectivity index (χ0n) is 16.7. The maximum atomic E-state index is 13.0. The first kappa shape index (κ1) is 20.4. The van der Waals surface area contributed by atoms with Crippen LogP contribution in [-0.2, 0) is 11.0 Å². The Balaban J connectivity index is 1.39. The molecular formula is C22H24FN5OS. The van der Waals surface area contributed by atoms with Crippen LogP contribution in [-0.4, -0.2) is 31.6 Å². The highest BCUT2D eigenvalue weighted by Gasteiger charge is 2.21. The number of anilines is 4. The van der Waals surface area contributed by atoms with Crippen LogP contribution in [0.15, 0.2) is 65.7 Å². The normalized spacial score (nSPS) is 16.2. The third-order valence-electron chi connectivity index (χ3n) is 5.06. The van der Waals surface area contributed by atoms with Gasteiger partial charge in [0.05, 0.1) is 4.90 Å². The molecule has 0 saturated carbocycles. The lowest BCUT2D eigenvalue weighted by molar-refractivity contribution is 0.299. The van der Waals surface area contributed by atoms with Crippen LogP contribution >= 0.6 is 0 Å². The van der Waals surface area contributed by atoms with E-state index in [1.54, 1.807) is 24.4 Å². The second-order valence-electron chi connectivity index (χ2n) is 7.41. The average Bonchev–Trinajstić information content (AvgIpc) is 2.76. The fourth-order valence-electron chi connectivity index (χ4n) is 3.25. The predicted molar refractivity (Wildman–Crippen MR) is 118 cm³/mol. The van der Waals surface area contributed by atoms with Crippen LogP contribution in [0.2, 0.25) is 0 Å². The number of aromatic nitrogens is 2. The van der Waals surface area contributed by atoms with E-state index in [2.05, 4.69) is 27.5 Å². The maximum absolute atomic E-state index is 13.0. The maximum Gasteiger partial charge on any atom is 0.229 e. The minimum atomic E-state index is -1.13. The first-order valence-electron chi connectivity index (χ1n) is 9.96. The number of hydrogen-bond donors (Lipinski definition) is 2. The molecule has 1 aromatic heterocycles. The van der Waals surface area contributed by atoms with E-state index in [1.807, 2.05) is 28.6 Å². The van der Waals surface area contributed by atoms with Crippen LogP contribution in [0.1, 0.15) is 19.8 Å². The van der Waals surface area contributed by atoms with Crippen LogP contribution < -0.4 is 10.6 Å². The van der Waals surface area contributed by atoms with Gasteiger partial charge in [-0.1, -0.05) is 6.92 Å². The number of piperidine rings is 1. The summed E-state index contributed by atoms with van der Waals surface area (Å²) < 4.78 is 27.9. The van der Waals surface area contributed by atoms with Crippen molar-refractivity contribution in [3.8, 4) is 0 Å². The largest absolute Gasteiger partial charge is 0.340 e. The van der Waals surface area contributed by atoms with E-state index in [9.17, 15) is 8.60 Å². The number of nitrogens with zero attached hydrogens (tertiary/aromatic N) is 3. The summed E-state index contributed by atoms with van der Waals surface area (Å²) in [6.07, 6.45) is 3.82. The molecule has 1 atom stereocenters. The van der Waals surface area contributed by atoms with Gasteiger partial charge in [-0.3, -0.25) is 0 Å². The van der Waals surface area contributed by atoms with Crippen molar-refractivity contribution >= 4 is 34.1 Å². The Morgan fingerprint density at radius 2 is 1.60 bits per heavy atom. The first-order chi connectivity index (χ1) is 14.6. The molecule has 8 heteroatoms. The Labute approximate surface area is 178 Å². The molecule has 0 amide bonds. The summed E-state index contributed by atoms with van der Waals surface area (Å²) in [4.78, 5) is 9.46. The molecule has 2 aromatic carbocycles. The van der Waals surface area contributed by atoms with E-state index in [4.69, 9.17) is 0 Å². The number of hydrogen-bond acceptors (Lipinski definition) is 5. The highest BCUT2D eigenvalue weighted by Crippen LogP contribution is 2.23. The molecule has 2 N–H and O–H groups in total. The Morgan fingerprint density at radius 1 is 0.967 bits per heavy atom. The van der Waals surface area contributed by atoms with E-state index < -0.39 is 11.0 Å². The van der Waals surface area contributed by atoms with Crippen molar-refractivity contribution < 1.29 is 8.60 Å². The van der Waals surface area contributed by atoms with E-state index >= 15 is 0 Å². The monoisotopic (exact) mass is 425 g/mol. The molecule has 4 rings (SSSR count). The summed E-state index contributed by atoms with van der Waals surface area (Å²) in [5.74, 6) is 1.44. The van der Waals surface area contributed by atoms with Crippen molar-refractivity contribution in [1.82, 2.24) is 14.3 Å². The Kier molecular flexibility index (Phi) is 6.35. The fraction of sp³-hybridized carbons (Fsp3) is 0.273. The molecule has 0 radical (unpaired) electrons. The molecule has 1 aliphatic rings. The van der Waals surface area contributed by atoms with E-state index in [0.717, 1.165) is 42.2 Å². The van der Waals surface area contributed by atoms with Gasteiger partial charge in [-0.2, -0.15) is 4.98 Å². The van der Waals surface area contributed by atoms with Crippen LogP contribution in [0, 0.1) is 11.7 Å². The van der Waals surface area contributed by atoms with Crippen LogP contribution in [0.5, 0.6) is 0 Å². The van der Waals surface area contributed by atoms with E-state index in [1.165, 1.54) is 12.1 Å². The second kappa shape index (κ2) is 9.32. The van der Waals surface area contributed by atoms with Crippen molar-refractivity contribution in [2.45, 2.75) is 24.7 Å². The molecule has 30 heavy (non-hydrogen) atoms. The van der Waals surface area contributed by atoms with Gasteiger partial charge >= 0.3 is 0 Å². The lowest BCUT2D eigenvalue weighted by Gasteiger charge is -2.28. The molecular weight excluding hydrogens is 401 g/mol. The summed E-state index contributed by atoms with van der Waals surface area (Å²) in [5.41, 5.74) is 1.54. The molecule has 0 bridgehead atoms. The second-order valence-corrected chi connectivity index (χ2v) is 8.89. The first-order valence-corrected chi connectivity index (χ1v) is 11.1. The van der Waals surface area contributed by atoms with Gasteiger partial charge < -0.3 is 10.6 Å². The van der Waals surface area contributed by atoms with E-state index in [0.29, 0.717) is 17.7 Å². The standard InChI is InChI=1S/C22H24FN5OS/c1-16-11-14-28(15-12-16)30(29)20-8-6-19(7-9-20)26-22-24-13-10-21(27-22)25-18-4-2-17(23)3-5-18/h2-10,13,16H,11-12,14-15H2,1H3,(H2,24,25,26,27). The van der Waals surface area contributed by atoms with E-state index in [-0.39, 0.29) is 5.82 Å². The van der Waals surface area contributed by atoms with Gasteiger partial charge in [-0.15, -0.1) is 0 Å². The number of rotatable bonds is 6. The number of halogens is 1. The van der Waals surface area contributed by atoms with Gasteiger partial charge in [0.25, 0.3) is 0 Å². The fourth-order valence-corrected chi connectivity index (χ4v) is 4.46. The van der Waals surface area contributed by atoms with Crippen LogP contribution in [0.25, 0.3) is 0 Å². The summed E-state index contributed by atoms with van der Waals surface area (Å²) in [5, 5.41) is 6.27. The van der Waals surface area contributed by atoms with Gasteiger partial charge in [-0.05, 0) is 73.4 Å². The van der Waals surface area contributed by atoms with Gasteiger partial charge in [0.1, 0.15) is 22.6 Å². The highest BCUT2D eigenvalue weighted by atomic mass is 32.2. The summed E-state index contributed by atoms with van der Waals surface area (Å²) in [6.45, 7) is 3.98. The number of benzene rings is 2. The molecule has 6 nitrogen and oxygen atoms in total. The van der Waals surface area contributed by atoms with Gasteiger partial charge in [0, 0.05) is 30.7 Å². The zero-order valence-corrected chi connectivity index (χ0v) is 17.5. The predicted octanol–water partition coefficient (Wildman–Crippen LogP) is 4.86. The third-order valence-corrected chi connectivity index (χ3v) is 6.57. The highest BCUT2D eigenvalue weighted by molar-refractivity contribution is 7.82. The minimum absolute atomic E-state index is 0.287. The Morgan fingerprint density at radius 3 is 2.30 bits per heavy atom. The average molecular weight is 426 g/mol. The molecule has 0 spiro atoms. The van der Waals surface area contributed by atoms with Crippen molar-refractivity contribution in [3.05, 3.63) is 66.6 Å². The molecule has 2 heterocycles. The topological polar surface area (TPSA) is 70.2 Å². The summed E-state index contributed by atoms with van der Waals surface area (Å²) >= 11 is 0. The lowest BCUT2D eigenvalue weighted by Crippen LogP contribution is -2.34. The van der Waals surface area contributed by atoms with Crippen LogP contribution in [0.3, 0.4) is 0 Å². The van der Waals surface area contributed by atoms with Gasteiger partial charge in [0.2, 0.25) is 5.95 Å². The molecule has 1 aliphatic heterocycles. The number of nitrogens with one attached hydrogen (secondary N) is 2. The molecule has 156 valence electrons. The molecule has 1 saturated heterocycles. The van der Waals surface area contributed by atoms with Gasteiger partial charge in [0.15, 0.2) is 0 Å². The smallest absolute Gasteiger partial charge is 0.229 e. The summed E-state index contributed by atoms with van der Waals surface area (Å²) in [6, 6.07) is 15.3. The van der Waals surface area contributed by atoms with Crippen molar-refractivity contribution in [2.75, 3.05) is 23.7 Å². The third kappa shape index (κ3) is 5.20. The van der Waals surface area contributed by atoms with Crippen molar-refractivity contribution in [2.24, 2.45) is 5.92 Å². The molecule has 1 unspecified atom stereocenters. The SMILES string of the molecule is CC1CCN(S(=O)c2ccc(Nc3nccc(Nc4ccc(F)cc4)n3)cc2)CC1. The quantitative estimate of drug-likeness (QED) is 0.590.